The van der Waals surface area contributed by atoms with Crippen LogP contribution in [0.4, 0.5) is 0 Å². The molecule has 5 heteroatoms. The van der Waals surface area contributed by atoms with Gasteiger partial charge in [-0.15, -0.1) is 0 Å². The molecule has 0 fully saturated rings. The lowest BCUT2D eigenvalue weighted by Gasteiger charge is -2.04. The van der Waals surface area contributed by atoms with Crippen LogP contribution in [0, 0.1) is 0 Å². The van der Waals surface area contributed by atoms with Crippen LogP contribution in [0.25, 0.3) is 11.5 Å². The highest BCUT2D eigenvalue weighted by Crippen LogP contribution is 2.14. The third-order valence-corrected chi connectivity index (χ3v) is 2.21. The monoisotopic (exact) mass is 219 g/mol. The molecule has 0 amide bonds. The molecule has 0 unspecified atom stereocenters. The van der Waals surface area contributed by atoms with Gasteiger partial charge in [0.1, 0.15) is 5.69 Å². The van der Waals surface area contributed by atoms with Crippen molar-refractivity contribution >= 4 is 0 Å². The summed E-state index contributed by atoms with van der Waals surface area (Å²) in [6, 6.07) is 6.73. The molecule has 0 radical (unpaired) electrons. The quantitative estimate of drug-likeness (QED) is 0.827. The normalized spacial score (nSPS) is 10.6. The Balaban J connectivity index is 2.32. The molecule has 0 aliphatic rings. The minimum atomic E-state index is -0.122. The first-order valence-electron chi connectivity index (χ1n) is 5.13. The maximum atomic E-state index is 11.5. The Bertz CT molecular complexity index is 502. The molecular formula is C11H13N3O2. The van der Waals surface area contributed by atoms with E-state index in [2.05, 4.69) is 5.10 Å². The Morgan fingerprint density at radius 2 is 2.25 bits per heavy atom. The van der Waals surface area contributed by atoms with E-state index in [0.29, 0.717) is 24.5 Å². The third kappa shape index (κ3) is 2.20. The molecule has 0 bridgehead atoms. The van der Waals surface area contributed by atoms with Crippen LogP contribution in [0.5, 0.6) is 0 Å². The highest BCUT2D eigenvalue weighted by Gasteiger charge is 2.04. The predicted molar refractivity (Wildman–Crippen MR) is 59.9 cm³/mol. The van der Waals surface area contributed by atoms with Crippen LogP contribution in [-0.2, 0) is 6.54 Å². The SMILES string of the molecule is NCCCn1nc(-c2ccco2)ccc1=O. The van der Waals surface area contributed by atoms with E-state index in [9.17, 15) is 4.79 Å². The van der Waals surface area contributed by atoms with Crippen molar-refractivity contribution in [2.24, 2.45) is 5.73 Å². The number of nitrogens with two attached hydrogens (primary N) is 1. The van der Waals surface area contributed by atoms with Gasteiger partial charge in [0.05, 0.1) is 6.26 Å². The number of nitrogens with zero attached hydrogens (tertiary/aromatic N) is 2. The number of hydrogen-bond acceptors (Lipinski definition) is 4. The second kappa shape index (κ2) is 4.76. The van der Waals surface area contributed by atoms with Crippen molar-refractivity contribution in [2.45, 2.75) is 13.0 Å². The van der Waals surface area contributed by atoms with Gasteiger partial charge in [-0.05, 0) is 31.2 Å². The van der Waals surface area contributed by atoms with Gasteiger partial charge in [-0.3, -0.25) is 4.79 Å². The van der Waals surface area contributed by atoms with Gasteiger partial charge in [-0.1, -0.05) is 0 Å². The van der Waals surface area contributed by atoms with Gasteiger partial charge < -0.3 is 10.2 Å². The average Bonchev–Trinajstić information content (AvgIpc) is 2.81. The maximum absolute atomic E-state index is 11.5. The summed E-state index contributed by atoms with van der Waals surface area (Å²) in [4.78, 5) is 11.5. The maximum Gasteiger partial charge on any atom is 0.266 e. The zero-order valence-electron chi connectivity index (χ0n) is 8.80. The van der Waals surface area contributed by atoms with E-state index in [4.69, 9.17) is 10.2 Å². The molecule has 0 saturated heterocycles. The molecule has 2 N–H and O–H groups in total. The van der Waals surface area contributed by atoms with Crippen molar-refractivity contribution in [3.05, 3.63) is 40.9 Å². The molecule has 2 aromatic rings. The molecule has 0 aliphatic carbocycles. The fraction of sp³-hybridized carbons (Fsp3) is 0.273. The summed E-state index contributed by atoms with van der Waals surface area (Å²) in [5.41, 5.74) is 5.93. The van der Waals surface area contributed by atoms with E-state index in [1.165, 1.54) is 10.7 Å². The summed E-state index contributed by atoms with van der Waals surface area (Å²) in [6.07, 6.45) is 2.31. The molecule has 2 aromatic heterocycles. The number of aryl methyl sites for hydroxylation is 1. The molecule has 0 spiro atoms. The van der Waals surface area contributed by atoms with Crippen LogP contribution >= 0.6 is 0 Å². The molecule has 0 aliphatic heterocycles. The van der Waals surface area contributed by atoms with Crippen molar-refractivity contribution in [3.8, 4) is 11.5 Å². The largest absolute Gasteiger partial charge is 0.463 e. The molecule has 0 atom stereocenters. The molecule has 84 valence electrons. The molecular weight excluding hydrogens is 206 g/mol. The zero-order valence-corrected chi connectivity index (χ0v) is 8.80. The first-order valence-corrected chi connectivity index (χ1v) is 5.13. The lowest BCUT2D eigenvalue weighted by Crippen LogP contribution is -2.23. The van der Waals surface area contributed by atoms with E-state index in [-0.39, 0.29) is 5.56 Å². The predicted octanol–water partition coefficient (Wildman–Crippen LogP) is 0.852. The van der Waals surface area contributed by atoms with E-state index in [1.807, 2.05) is 0 Å². The third-order valence-electron chi connectivity index (χ3n) is 2.21. The molecule has 5 nitrogen and oxygen atoms in total. The van der Waals surface area contributed by atoms with Crippen molar-refractivity contribution in [2.75, 3.05) is 6.54 Å². The molecule has 2 rings (SSSR count). The van der Waals surface area contributed by atoms with E-state index in [1.54, 1.807) is 24.5 Å². The molecule has 0 aromatic carbocycles. The lowest BCUT2D eigenvalue weighted by molar-refractivity contribution is 0.541. The summed E-state index contributed by atoms with van der Waals surface area (Å²) in [5, 5.41) is 4.21. The molecule has 0 saturated carbocycles. The topological polar surface area (TPSA) is 74.1 Å². The van der Waals surface area contributed by atoms with Crippen molar-refractivity contribution in [1.29, 1.82) is 0 Å². The van der Waals surface area contributed by atoms with Crippen LogP contribution in [0.2, 0.25) is 0 Å². The summed E-state index contributed by atoms with van der Waals surface area (Å²) in [7, 11) is 0. The first-order chi connectivity index (χ1) is 7.81. The Kier molecular flexibility index (Phi) is 3.16. The minimum Gasteiger partial charge on any atom is -0.463 e. The Hall–Kier alpha value is -1.88. The zero-order chi connectivity index (χ0) is 11.4. The first kappa shape index (κ1) is 10.6. The lowest BCUT2D eigenvalue weighted by atomic mass is 10.3. The van der Waals surface area contributed by atoms with E-state index < -0.39 is 0 Å². The summed E-state index contributed by atoms with van der Waals surface area (Å²) < 4.78 is 6.62. The van der Waals surface area contributed by atoms with Gasteiger partial charge in [-0.2, -0.15) is 5.10 Å². The van der Waals surface area contributed by atoms with Crippen LogP contribution in [-0.4, -0.2) is 16.3 Å². The van der Waals surface area contributed by atoms with Crippen LogP contribution in [0.1, 0.15) is 6.42 Å². The standard InChI is InChI=1S/C11H13N3O2/c12-6-2-7-14-11(15)5-4-9(13-14)10-3-1-8-16-10/h1,3-5,8H,2,6-7,12H2. The summed E-state index contributed by atoms with van der Waals surface area (Å²) in [5.74, 6) is 0.654. The van der Waals surface area contributed by atoms with Crippen LogP contribution < -0.4 is 11.3 Å². The van der Waals surface area contributed by atoms with Gasteiger partial charge in [-0.25, -0.2) is 4.68 Å². The van der Waals surface area contributed by atoms with Crippen LogP contribution in [0.3, 0.4) is 0 Å². The molecule has 16 heavy (non-hydrogen) atoms. The van der Waals surface area contributed by atoms with Crippen LogP contribution in [0.15, 0.2) is 39.7 Å². The van der Waals surface area contributed by atoms with Gasteiger partial charge in [0.2, 0.25) is 0 Å². The Labute approximate surface area is 92.5 Å². The summed E-state index contributed by atoms with van der Waals surface area (Å²) >= 11 is 0. The summed E-state index contributed by atoms with van der Waals surface area (Å²) in [6.45, 7) is 1.07. The number of hydrogen-bond donors (Lipinski definition) is 1. The van der Waals surface area contributed by atoms with E-state index >= 15 is 0 Å². The van der Waals surface area contributed by atoms with Crippen molar-refractivity contribution in [1.82, 2.24) is 9.78 Å². The van der Waals surface area contributed by atoms with Gasteiger partial charge in [0, 0.05) is 12.6 Å². The average molecular weight is 219 g/mol. The van der Waals surface area contributed by atoms with Crippen molar-refractivity contribution in [3.63, 3.8) is 0 Å². The Morgan fingerprint density at radius 1 is 1.38 bits per heavy atom. The van der Waals surface area contributed by atoms with Crippen molar-refractivity contribution < 1.29 is 4.42 Å². The molecule has 2 heterocycles. The number of aromatic nitrogens is 2. The highest BCUT2D eigenvalue weighted by molar-refractivity contribution is 5.50. The smallest absolute Gasteiger partial charge is 0.266 e. The van der Waals surface area contributed by atoms with Gasteiger partial charge >= 0.3 is 0 Å². The fourth-order valence-corrected chi connectivity index (χ4v) is 1.41. The van der Waals surface area contributed by atoms with Gasteiger partial charge in [0.25, 0.3) is 5.56 Å². The second-order valence-corrected chi connectivity index (χ2v) is 3.40. The Morgan fingerprint density at radius 3 is 2.94 bits per heavy atom. The van der Waals surface area contributed by atoms with E-state index in [0.717, 1.165) is 6.42 Å². The second-order valence-electron chi connectivity index (χ2n) is 3.40. The number of rotatable bonds is 4. The van der Waals surface area contributed by atoms with Gasteiger partial charge in [0.15, 0.2) is 5.76 Å². The number of furan rings is 1. The fourth-order valence-electron chi connectivity index (χ4n) is 1.41. The highest BCUT2D eigenvalue weighted by atomic mass is 16.3. The minimum absolute atomic E-state index is 0.122.